The third kappa shape index (κ3) is 8.23. The number of alkyl halides is 1. The van der Waals surface area contributed by atoms with E-state index in [-0.39, 0.29) is 0 Å². The molecule has 1 amide bonds. The van der Waals surface area contributed by atoms with Crippen LogP contribution in [0.15, 0.2) is 0 Å². The summed E-state index contributed by atoms with van der Waals surface area (Å²) in [4.78, 5) is 14.3. The van der Waals surface area contributed by atoms with Gasteiger partial charge in [0.15, 0.2) is 0 Å². The number of hydrogen-bond acceptors (Lipinski definition) is 1. The number of unbranched alkanes of at least 4 members (excludes halogenated alkanes) is 6. The summed E-state index contributed by atoms with van der Waals surface area (Å²) in [6.07, 6.45) is 12.3. The quantitative estimate of drug-likeness (QED) is 0.377. The lowest BCUT2D eigenvalue weighted by molar-refractivity contribution is -0.130. The summed E-state index contributed by atoms with van der Waals surface area (Å²) >= 11 is 3.48. The average molecular weight is 360 g/mol. The Bertz CT molecular complexity index is 280. The Hall–Kier alpha value is -0.0500. The van der Waals surface area contributed by atoms with Crippen molar-refractivity contribution < 1.29 is 4.79 Å². The molecular weight excluding hydrogens is 326 g/mol. The third-order valence-corrected chi connectivity index (χ3v) is 5.42. The van der Waals surface area contributed by atoms with Crippen molar-refractivity contribution >= 4 is 21.8 Å². The summed E-state index contributed by atoms with van der Waals surface area (Å²) in [6, 6.07) is 0. The van der Waals surface area contributed by atoms with Crippen LogP contribution in [0.3, 0.4) is 0 Å². The van der Waals surface area contributed by atoms with E-state index in [4.69, 9.17) is 0 Å². The highest BCUT2D eigenvalue weighted by atomic mass is 79.9. The van der Waals surface area contributed by atoms with Gasteiger partial charge in [-0.1, -0.05) is 61.9 Å². The monoisotopic (exact) mass is 359 g/mol. The molecule has 1 heterocycles. The van der Waals surface area contributed by atoms with E-state index in [1.165, 1.54) is 51.4 Å². The van der Waals surface area contributed by atoms with Gasteiger partial charge in [-0.2, -0.15) is 0 Å². The highest BCUT2D eigenvalue weighted by molar-refractivity contribution is 9.09. The molecule has 0 aromatic rings. The van der Waals surface area contributed by atoms with Gasteiger partial charge < -0.3 is 4.90 Å². The van der Waals surface area contributed by atoms with Crippen molar-refractivity contribution in [3.63, 3.8) is 0 Å². The summed E-state index contributed by atoms with van der Waals surface area (Å²) in [7, 11) is 0. The largest absolute Gasteiger partial charge is 0.343 e. The standard InChI is InChI=1S/C18H34BrNO/c1-16(2)17-10-11-18(21)20(15-12-17)14-9-7-5-3-4-6-8-13-19/h16-17H,3-15H2,1-2H3. The van der Waals surface area contributed by atoms with Crippen LogP contribution in [-0.2, 0) is 4.79 Å². The molecular formula is C18H34BrNO. The molecule has 1 aliphatic rings. The second-order valence-electron chi connectivity index (χ2n) is 6.88. The summed E-state index contributed by atoms with van der Waals surface area (Å²) in [5, 5.41) is 1.14. The van der Waals surface area contributed by atoms with Gasteiger partial charge in [0.25, 0.3) is 0 Å². The zero-order valence-electron chi connectivity index (χ0n) is 14.1. The van der Waals surface area contributed by atoms with Gasteiger partial charge in [-0.15, -0.1) is 0 Å². The maximum Gasteiger partial charge on any atom is 0.222 e. The molecule has 0 radical (unpaired) electrons. The predicted octanol–water partition coefficient (Wildman–Crippen LogP) is 5.40. The van der Waals surface area contributed by atoms with Crippen molar-refractivity contribution in [3.8, 4) is 0 Å². The maximum absolute atomic E-state index is 12.1. The van der Waals surface area contributed by atoms with Crippen LogP contribution in [0.4, 0.5) is 0 Å². The minimum Gasteiger partial charge on any atom is -0.343 e. The van der Waals surface area contributed by atoms with Crippen LogP contribution in [0.5, 0.6) is 0 Å². The number of halogens is 1. The molecule has 1 atom stereocenters. The molecule has 0 aliphatic carbocycles. The summed E-state index contributed by atoms with van der Waals surface area (Å²) in [5.41, 5.74) is 0. The third-order valence-electron chi connectivity index (χ3n) is 4.86. The van der Waals surface area contributed by atoms with Crippen molar-refractivity contribution in [1.82, 2.24) is 4.90 Å². The highest BCUT2D eigenvalue weighted by Gasteiger charge is 2.23. The minimum absolute atomic E-state index is 0.399. The molecule has 0 bridgehead atoms. The van der Waals surface area contributed by atoms with Crippen molar-refractivity contribution in [1.29, 1.82) is 0 Å². The van der Waals surface area contributed by atoms with Crippen LogP contribution in [0.1, 0.15) is 78.1 Å². The molecule has 21 heavy (non-hydrogen) atoms. The molecule has 0 N–H and O–H groups in total. The fourth-order valence-electron chi connectivity index (χ4n) is 3.24. The normalized spacial score (nSPS) is 20.1. The Morgan fingerprint density at radius 1 is 1.05 bits per heavy atom. The first-order valence-corrected chi connectivity index (χ1v) is 10.1. The first-order chi connectivity index (χ1) is 10.1. The minimum atomic E-state index is 0.399. The van der Waals surface area contributed by atoms with E-state index in [1.54, 1.807) is 0 Å². The van der Waals surface area contributed by atoms with E-state index in [9.17, 15) is 4.79 Å². The van der Waals surface area contributed by atoms with Gasteiger partial charge in [0.1, 0.15) is 0 Å². The van der Waals surface area contributed by atoms with E-state index in [0.29, 0.717) is 5.91 Å². The van der Waals surface area contributed by atoms with Crippen molar-refractivity contribution in [2.24, 2.45) is 11.8 Å². The zero-order valence-corrected chi connectivity index (χ0v) is 15.7. The fourth-order valence-corrected chi connectivity index (χ4v) is 3.64. The highest BCUT2D eigenvalue weighted by Crippen LogP contribution is 2.25. The summed E-state index contributed by atoms with van der Waals surface area (Å²) in [6.45, 7) is 6.57. The van der Waals surface area contributed by atoms with Crippen molar-refractivity contribution in [3.05, 3.63) is 0 Å². The SMILES string of the molecule is CC(C)C1CCC(=O)N(CCCCCCCCCBr)CC1. The molecule has 1 aliphatic heterocycles. The summed E-state index contributed by atoms with van der Waals surface area (Å²) in [5.74, 6) is 1.86. The lowest BCUT2D eigenvalue weighted by Crippen LogP contribution is -2.31. The molecule has 0 spiro atoms. The van der Waals surface area contributed by atoms with Crippen LogP contribution in [0, 0.1) is 11.8 Å². The van der Waals surface area contributed by atoms with Gasteiger partial charge >= 0.3 is 0 Å². The molecule has 1 unspecified atom stereocenters. The zero-order chi connectivity index (χ0) is 15.5. The average Bonchev–Trinajstić information content (AvgIpc) is 2.64. The van der Waals surface area contributed by atoms with Gasteiger partial charge in [0.2, 0.25) is 5.91 Å². The van der Waals surface area contributed by atoms with Gasteiger partial charge in [-0.3, -0.25) is 4.79 Å². The maximum atomic E-state index is 12.1. The molecule has 0 aromatic heterocycles. The Kier molecular flexibility index (Phi) is 10.4. The number of carbonyl (C=O) groups is 1. The van der Waals surface area contributed by atoms with E-state index in [1.807, 2.05) is 0 Å². The number of rotatable bonds is 10. The predicted molar refractivity (Wildman–Crippen MR) is 94.9 cm³/mol. The van der Waals surface area contributed by atoms with Crippen molar-refractivity contribution in [2.75, 3.05) is 18.4 Å². The molecule has 1 saturated heterocycles. The smallest absolute Gasteiger partial charge is 0.222 e. The molecule has 3 heteroatoms. The molecule has 0 saturated carbocycles. The molecule has 124 valence electrons. The molecule has 1 fully saturated rings. The van der Waals surface area contributed by atoms with Crippen LogP contribution in [0.25, 0.3) is 0 Å². The van der Waals surface area contributed by atoms with E-state index < -0.39 is 0 Å². The van der Waals surface area contributed by atoms with Crippen molar-refractivity contribution in [2.45, 2.75) is 78.1 Å². The van der Waals surface area contributed by atoms with Crippen LogP contribution >= 0.6 is 15.9 Å². The fraction of sp³-hybridized carbons (Fsp3) is 0.944. The summed E-state index contributed by atoms with van der Waals surface area (Å²) < 4.78 is 0. The number of hydrogen-bond donors (Lipinski definition) is 0. The Morgan fingerprint density at radius 3 is 2.29 bits per heavy atom. The van der Waals surface area contributed by atoms with E-state index in [2.05, 4.69) is 34.7 Å². The Morgan fingerprint density at radius 2 is 1.67 bits per heavy atom. The van der Waals surface area contributed by atoms with Gasteiger partial charge in [0, 0.05) is 24.8 Å². The molecule has 2 nitrogen and oxygen atoms in total. The number of likely N-dealkylation sites (tertiary alicyclic amines) is 1. The van der Waals surface area contributed by atoms with Gasteiger partial charge in [0.05, 0.1) is 0 Å². The van der Waals surface area contributed by atoms with Crippen LogP contribution < -0.4 is 0 Å². The van der Waals surface area contributed by atoms with Gasteiger partial charge in [-0.25, -0.2) is 0 Å². The number of nitrogens with zero attached hydrogens (tertiary/aromatic N) is 1. The number of amides is 1. The Labute approximate surface area is 140 Å². The Balaban J connectivity index is 2.09. The van der Waals surface area contributed by atoms with Gasteiger partial charge in [-0.05, 0) is 37.5 Å². The van der Waals surface area contributed by atoms with E-state index >= 15 is 0 Å². The first-order valence-electron chi connectivity index (χ1n) is 8.99. The lowest BCUT2D eigenvalue weighted by Gasteiger charge is -2.21. The lowest BCUT2D eigenvalue weighted by atomic mass is 9.89. The van der Waals surface area contributed by atoms with Crippen LogP contribution in [-0.4, -0.2) is 29.2 Å². The first kappa shape index (κ1) is 19.0. The second-order valence-corrected chi connectivity index (χ2v) is 7.67. The molecule has 1 rings (SSSR count). The molecule has 0 aromatic carbocycles. The number of carbonyl (C=O) groups excluding carboxylic acids is 1. The topological polar surface area (TPSA) is 20.3 Å². The van der Waals surface area contributed by atoms with E-state index in [0.717, 1.165) is 43.1 Å². The van der Waals surface area contributed by atoms with Crippen LogP contribution in [0.2, 0.25) is 0 Å². The second kappa shape index (κ2) is 11.5.